The van der Waals surface area contributed by atoms with Gasteiger partial charge in [0.2, 0.25) is 0 Å². The molecule has 0 fully saturated rings. The van der Waals surface area contributed by atoms with Crippen LogP contribution in [0.5, 0.6) is 0 Å². The van der Waals surface area contributed by atoms with Gasteiger partial charge in [0.25, 0.3) is 0 Å². The number of hydrogen-bond donors (Lipinski definition) is 3. The summed E-state index contributed by atoms with van der Waals surface area (Å²) in [7, 11) is 0. The SMILES string of the molecule is C=C(/C=C\C=C/C)COC(=O)OCNC(=N)N. The predicted octanol–water partition coefficient (Wildman–Crippen LogP) is 1.27. The molecule has 0 atom stereocenters. The predicted molar refractivity (Wildman–Crippen MR) is 65.4 cm³/mol. The Hall–Kier alpha value is -2.24. The lowest BCUT2D eigenvalue weighted by Crippen LogP contribution is -2.33. The quantitative estimate of drug-likeness (QED) is 0.213. The zero-order valence-corrected chi connectivity index (χ0v) is 9.73. The van der Waals surface area contributed by atoms with Gasteiger partial charge in [-0.15, -0.1) is 0 Å². The molecule has 0 spiro atoms. The molecule has 0 saturated heterocycles. The number of allylic oxidation sites excluding steroid dienone is 3. The van der Waals surface area contributed by atoms with E-state index in [1.54, 1.807) is 12.2 Å². The summed E-state index contributed by atoms with van der Waals surface area (Å²) in [6.45, 7) is 5.42. The van der Waals surface area contributed by atoms with Gasteiger partial charge in [0.05, 0.1) is 0 Å². The maximum atomic E-state index is 11.0. The highest BCUT2D eigenvalue weighted by molar-refractivity contribution is 5.74. The van der Waals surface area contributed by atoms with E-state index in [1.165, 1.54) is 0 Å². The van der Waals surface area contributed by atoms with Crippen molar-refractivity contribution in [3.05, 3.63) is 36.5 Å². The minimum absolute atomic E-state index is 0.0486. The second-order valence-corrected chi connectivity index (χ2v) is 2.96. The molecule has 0 saturated carbocycles. The van der Waals surface area contributed by atoms with Crippen molar-refractivity contribution in [2.24, 2.45) is 5.73 Å². The summed E-state index contributed by atoms with van der Waals surface area (Å²) in [6.07, 6.45) is 6.36. The zero-order chi connectivity index (χ0) is 13.1. The first-order valence-electron chi connectivity index (χ1n) is 4.91. The molecular formula is C11H17N3O3. The van der Waals surface area contributed by atoms with E-state index in [1.807, 2.05) is 19.1 Å². The van der Waals surface area contributed by atoms with Gasteiger partial charge in [-0.2, -0.15) is 0 Å². The molecule has 0 aliphatic carbocycles. The number of carbonyl (C=O) groups is 1. The van der Waals surface area contributed by atoms with E-state index in [0.717, 1.165) is 0 Å². The van der Waals surface area contributed by atoms with E-state index < -0.39 is 6.16 Å². The molecule has 94 valence electrons. The van der Waals surface area contributed by atoms with Crippen molar-refractivity contribution < 1.29 is 14.3 Å². The molecule has 0 bridgehead atoms. The first-order valence-corrected chi connectivity index (χ1v) is 4.91. The summed E-state index contributed by atoms with van der Waals surface area (Å²) >= 11 is 0. The highest BCUT2D eigenvalue weighted by Gasteiger charge is 2.03. The van der Waals surface area contributed by atoms with Crippen LogP contribution in [-0.4, -0.2) is 25.5 Å². The normalized spacial score (nSPS) is 10.4. The third-order valence-electron chi connectivity index (χ3n) is 1.46. The maximum absolute atomic E-state index is 11.0. The minimum atomic E-state index is -0.848. The Balaban J connectivity index is 3.69. The number of rotatable bonds is 6. The van der Waals surface area contributed by atoms with Gasteiger partial charge in [-0.1, -0.05) is 30.9 Å². The molecule has 0 amide bonds. The van der Waals surface area contributed by atoms with Crippen molar-refractivity contribution in [1.29, 1.82) is 5.41 Å². The lowest BCUT2D eigenvalue weighted by Gasteiger charge is -2.06. The summed E-state index contributed by atoms with van der Waals surface area (Å²) in [6, 6.07) is 0. The van der Waals surface area contributed by atoms with Crippen LogP contribution in [0.2, 0.25) is 0 Å². The number of nitrogens with one attached hydrogen (secondary N) is 2. The molecule has 0 heterocycles. The Labute approximate surface area is 100 Å². The monoisotopic (exact) mass is 239 g/mol. The number of carbonyl (C=O) groups excluding carboxylic acids is 1. The van der Waals surface area contributed by atoms with Crippen molar-refractivity contribution in [3.8, 4) is 0 Å². The van der Waals surface area contributed by atoms with Crippen LogP contribution >= 0.6 is 0 Å². The second kappa shape index (κ2) is 9.02. The van der Waals surface area contributed by atoms with Crippen molar-refractivity contribution in [3.63, 3.8) is 0 Å². The summed E-state index contributed by atoms with van der Waals surface area (Å²) in [5.74, 6) is -0.281. The highest BCUT2D eigenvalue weighted by atomic mass is 16.7. The van der Waals surface area contributed by atoms with Gasteiger partial charge < -0.3 is 20.5 Å². The zero-order valence-electron chi connectivity index (χ0n) is 9.73. The molecule has 0 aromatic carbocycles. The van der Waals surface area contributed by atoms with Gasteiger partial charge in [0.1, 0.15) is 6.61 Å². The molecule has 6 nitrogen and oxygen atoms in total. The third-order valence-corrected chi connectivity index (χ3v) is 1.46. The van der Waals surface area contributed by atoms with Gasteiger partial charge in [-0.05, 0) is 12.5 Å². The van der Waals surface area contributed by atoms with Crippen LogP contribution < -0.4 is 11.1 Å². The molecule has 0 aliphatic heterocycles. The molecule has 0 unspecified atom stereocenters. The average Bonchev–Trinajstić information content (AvgIpc) is 2.26. The number of nitrogens with two attached hydrogens (primary N) is 1. The summed E-state index contributed by atoms with van der Waals surface area (Å²) in [5, 5.41) is 9.11. The van der Waals surface area contributed by atoms with E-state index in [2.05, 4.69) is 16.6 Å². The fraction of sp³-hybridized carbons (Fsp3) is 0.273. The lowest BCUT2D eigenvalue weighted by molar-refractivity contribution is 0.0602. The van der Waals surface area contributed by atoms with Gasteiger partial charge in [0.15, 0.2) is 12.7 Å². The largest absolute Gasteiger partial charge is 0.510 e. The number of hydrogen-bond acceptors (Lipinski definition) is 4. The Morgan fingerprint density at radius 1 is 1.47 bits per heavy atom. The molecule has 0 rings (SSSR count). The molecule has 4 N–H and O–H groups in total. The van der Waals surface area contributed by atoms with Crippen molar-refractivity contribution in [2.45, 2.75) is 6.92 Å². The highest BCUT2D eigenvalue weighted by Crippen LogP contribution is 1.96. The minimum Gasteiger partial charge on any atom is -0.429 e. The van der Waals surface area contributed by atoms with Gasteiger partial charge in [-0.25, -0.2) is 4.79 Å². The van der Waals surface area contributed by atoms with E-state index >= 15 is 0 Å². The summed E-state index contributed by atoms with van der Waals surface area (Å²) in [5.41, 5.74) is 5.62. The number of guanidine groups is 1. The fourth-order valence-electron chi connectivity index (χ4n) is 0.717. The smallest absolute Gasteiger partial charge is 0.429 e. The van der Waals surface area contributed by atoms with E-state index in [9.17, 15) is 4.79 Å². The molecule has 0 aromatic rings. The van der Waals surface area contributed by atoms with Crippen LogP contribution in [-0.2, 0) is 9.47 Å². The van der Waals surface area contributed by atoms with E-state index in [0.29, 0.717) is 5.57 Å². The molecule has 17 heavy (non-hydrogen) atoms. The number of ether oxygens (including phenoxy) is 2. The van der Waals surface area contributed by atoms with Gasteiger partial charge in [-0.3, -0.25) is 5.41 Å². The van der Waals surface area contributed by atoms with E-state index in [-0.39, 0.29) is 19.3 Å². The van der Waals surface area contributed by atoms with Crippen molar-refractivity contribution in [2.75, 3.05) is 13.3 Å². The second-order valence-electron chi connectivity index (χ2n) is 2.96. The molecule has 0 aliphatic rings. The van der Waals surface area contributed by atoms with Crippen molar-refractivity contribution >= 4 is 12.1 Å². The lowest BCUT2D eigenvalue weighted by atomic mass is 10.3. The Morgan fingerprint density at radius 3 is 2.76 bits per heavy atom. The molecule has 0 aromatic heterocycles. The standard InChI is InChI=1S/C11H17N3O3/c1-3-4-5-6-9(2)7-16-11(15)17-8-14-10(12)13/h3-6H,2,7-8H2,1H3,(H4,12,13,14)/b4-3-,6-5-. The van der Waals surface area contributed by atoms with Crippen LogP contribution in [0.25, 0.3) is 0 Å². The Kier molecular flexibility index (Phi) is 7.83. The third kappa shape index (κ3) is 10.1. The topological polar surface area (TPSA) is 97.4 Å². The first kappa shape index (κ1) is 14.8. The van der Waals surface area contributed by atoms with E-state index in [4.69, 9.17) is 15.9 Å². The maximum Gasteiger partial charge on any atom is 0.510 e. The average molecular weight is 239 g/mol. The molecule has 6 heteroatoms. The fourth-order valence-corrected chi connectivity index (χ4v) is 0.717. The Bertz CT molecular complexity index is 335. The summed E-state index contributed by atoms with van der Waals surface area (Å²) < 4.78 is 9.29. The van der Waals surface area contributed by atoms with Crippen LogP contribution in [0.3, 0.4) is 0 Å². The van der Waals surface area contributed by atoms with Crippen molar-refractivity contribution in [1.82, 2.24) is 5.32 Å². The van der Waals surface area contributed by atoms with Crippen LogP contribution in [0, 0.1) is 5.41 Å². The van der Waals surface area contributed by atoms with Gasteiger partial charge in [0, 0.05) is 0 Å². The van der Waals surface area contributed by atoms with Crippen LogP contribution in [0.1, 0.15) is 6.92 Å². The molecular weight excluding hydrogens is 222 g/mol. The molecule has 0 radical (unpaired) electrons. The Morgan fingerprint density at radius 2 is 2.18 bits per heavy atom. The first-order chi connectivity index (χ1) is 8.06. The van der Waals surface area contributed by atoms with Crippen LogP contribution in [0.4, 0.5) is 4.79 Å². The van der Waals surface area contributed by atoms with Gasteiger partial charge >= 0.3 is 6.16 Å². The summed E-state index contributed by atoms with van der Waals surface area (Å²) in [4.78, 5) is 11.0. The van der Waals surface area contributed by atoms with Crippen LogP contribution in [0.15, 0.2) is 36.5 Å².